The zero-order valence-corrected chi connectivity index (χ0v) is 11.9. The lowest BCUT2D eigenvalue weighted by atomic mass is 10.2. The second-order valence-corrected chi connectivity index (χ2v) is 5.02. The Morgan fingerprint density at radius 1 is 1.33 bits per heavy atom. The summed E-state index contributed by atoms with van der Waals surface area (Å²) in [6.07, 6.45) is 5.72. The average molecular weight is 254 g/mol. The molecule has 0 saturated heterocycles. The highest BCUT2D eigenvalue weighted by Gasteiger charge is 2.03. The normalized spacial score (nSPS) is 11.3. The van der Waals surface area contributed by atoms with Gasteiger partial charge in [-0.2, -0.15) is 0 Å². The highest BCUT2D eigenvalue weighted by atomic mass is 16.5. The van der Waals surface area contributed by atoms with Gasteiger partial charge in [-0.05, 0) is 31.8 Å². The number of nitrogens with zero attached hydrogens (tertiary/aromatic N) is 1. The van der Waals surface area contributed by atoms with Crippen LogP contribution >= 0.6 is 0 Å². The molecule has 0 aliphatic heterocycles. The summed E-state index contributed by atoms with van der Waals surface area (Å²) in [5.41, 5.74) is 0. The van der Waals surface area contributed by atoms with Gasteiger partial charge in [0.1, 0.15) is 5.76 Å². The standard InChI is InChI=1S/C14H26N2O2/c1-12(2)10-15-8-4-7-14-16-11-13(18-14)6-5-9-17-3/h11-12,15H,4-10H2,1-3H3. The molecule has 0 radical (unpaired) electrons. The van der Waals surface area contributed by atoms with Crippen molar-refractivity contribution in [3.05, 3.63) is 17.8 Å². The maximum atomic E-state index is 5.66. The van der Waals surface area contributed by atoms with Crippen molar-refractivity contribution in [1.82, 2.24) is 10.3 Å². The van der Waals surface area contributed by atoms with Crippen molar-refractivity contribution in [3.63, 3.8) is 0 Å². The molecule has 1 aromatic rings. The van der Waals surface area contributed by atoms with Crippen molar-refractivity contribution in [1.29, 1.82) is 0 Å². The quantitative estimate of drug-likeness (QED) is 0.651. The molecule has 4 nitrogen and oxygen atoms in total. The molecule has 0 aromatic carbocycles. The van der Waals surface area contributed by atoms with Crippen LogP contribution in [-0.4, -0.2) is 31.8 Å². The van der Waals surface area contributed by atoms with Gasteiger partial charge >= 0.3 is 0 Å². The van der Waals surface area contributed by atoms with Crippen LogP contribution < -0.4 is 5.32 Å². The van der Waals surface area contributed by atoms with E-state index in [0.29, 0.717) is 5.92 Å². The van der Waals surface area contributed by atoms with Gasteiger partial charge in [-0.25, -0.2) is 4.98 Å². The number of rotatable bonds is 10. The minimum Gasteiger partial charge on any atom is -0.446 e. The molecule has 104 valence electrons. The number of aromatic nitrogens is 1. The zero-order chi connectivity index (χ0) is 13.2. The van der Waals surface area contributed by atoms with Crippen molar-refractivity contribution in [3.8, 4) is 0 Å². The minimum absolute atomic E-state index is 0.708. The molecule has 1 aromatic heterocycles. The average Bonchev–Trinajstić information content (AvgIpc) is 2.77. The van der Waals surface area contributed by atoms with E-state index in [1.54, 1.807) is 7.11 Å². The third-order valence-corrected chi connectivity index (χ3v) is 2.67. The fourth-order valence-electron chi connectivity index (χ4n) is 1.73. The van der Waals surface area contributed by atoms with E-state index in [1.807, 2.05) is 6.20 Å². The van der Waals surface area contributed by atoms with Gasteiger partial charge < -0.3 is 14.5 Å². The van der Waals surface area contributed by atoms with E-state index in [4.69, 9.17) is 9.15 Å². The SMILES string of the molecule is COCCCc1cnc(CCCNCC(C)C)o1. The van der Waals surface area contributed by atoms with Crippen LogP contribution in [0.4, 0.5) is 0 Å². The third kappa shape index (κ3) is 6.77. The summed E-state index contributed by atoms with van der Waals surface area (Å²) in [6, 6.07) is 0. The van der Waals surface area contributed by atoms with Crippen LogP contribution in [-0.2, 0) is 17.6 Å². The minimum atomic E-state index is 0.708. The number of hydrogen-bond donors (Lipinski definition) is 1. The molecule has 0 unspecified atom stereocenters. The van der Waals surface area contributed by atoms with Crippen molar-refractivity contribution in [2.24, 2.45) is 5.92 Å². The van der Waals surface area contributed by atoms with E-state index in [-0.39, 0.29) is 0 Å². The summed E-state index contributed by atoms with van der Waals surface area (Å²) >= 11 is 0. The first kappa shape index (κ1) is 15.2. The number of ether oxygens (including phenoxy) is 1. The molecule has 0 amide bonds. The third-order valence-electron chi connectivity index (χ3n) is 2.67. The van der Waals surface area contributed by atoms with E-state index in [0.717, 1.165) is 57.0 Å². The molecule has 0 saturated carbocycles. The molecule has 0 aliphatic carbocycles. The Morgan fingerprint density at radius 3 is 2.89 bits per heavy atom. The lowest BCUT2D eigenvalue weighted by Crippen LogP contribution is -2.21. The molecule has 0 fully saturated rings. The van der Waals surface area contributed by atoms with Gasteiger partial charge in [-0.15, -0.1) is 0 Å². The molecule has 4 heteroatoms. The summed E-state index contributed by atoms with van der Waals surface area (Å²) in [5.74, 6) is 2.53. The Kier molecular flexibility index (Phi) is 7.69. The van der Waals surface area contributed by atoms with Crippen LogP contribution in [0.1, 0.15) is 38.3 Å². The van der Waals surface area contributed by atoms with Crippen molar-refractivity contribution in [2.75, 3.05) is 26.8 Å². The molecule has 0 aliphatic rings. The monoisotopic (exact) mass is 254 g/mol. The van der Waals surface area contributed by atoms with Crippen molar-refractivity contribution < 1.29 is 9.15 Å². The highest BCUT2D eigenvalue weighted by molar-refractivity contribution is 4.94. The molecule has 0 atom stereocenters. The largest absolute Gasteiger partial charge is 0.446 e. The summed E-state index contributed by atoms with van der Waals surface area (Å²) < 4.78 is 10.7. The highest BCUT2D eigenvalue weighted by Crippen LogP contribution is 2.08. The second kappa shape index (κ2) is 9.11. The first-order valence-corrected chi connectivity index (χ1v) is 6.85. The van der Waals surface area contributed by atoms with Crippen molar-refractivity contribution in [2.45, 2.75) is 39.5 Å². The molecular formula is C14H26N2O2. The first-order chi connectivity index (χ1) is 8.72. The predicted molar refractivity (Wildman–Crippen MR) is 72.7 cm³/mol. The van der Waals surface area contributed by atoms with Crippen LogP contribution in [0.25, 0.3) is 0 Å². The van der Waals surface area contributed by atoms with Crippen LogP contribution in [0.3, 0.4) is 0 Å². The lowest BCUT2D eigenvalue weighted by molar-refractivity contribution is 0.193. The van der Waals surface area contributed by atoms with E-state index in [2.05, 4.69) is 24.1 Å². The fourth-order valence-corrected chi connectivity index (χ4v) is 1.73. The second-order valence-electron chi connectivity index (χ2n) is 5.02. The fraction of sp³-hybridized carbons (Fsp3) is 0.786. The van der Waals surface area contributed by atoms with E-state index in [9.17, 15) is 0 Å². The molecule has 1 rings (SSSR count). The summed E-state index contributed by atoms with van der Waals surface area (Å²) in [6.45, 7) is 7.31. The van der Waals surface area contributed by atoms with Gasteiger partial charge in [0.25, 0.3) is 0 Å². The Balaban J connectivity index is 2.11. The van der Waals surface area contributed by atoms with E-state index < -0.39 is 0 Å². The molecule has 0 spiro atoms. The molecule has 1 heterocycles. The van der Waals surface area contributed by atoms with Crippen LogP contribution in [0, 0.1) is 5.92 Å². The molecule has 0 bridgehead atoms. The predicted octanol–water partition coefficient (Wildman–Crippen LogP) is 2.43. The van der Waals surface area contributed by atoms with E-state index >= 15 is 0 Å². The maximum Gasteiger partial charge on any atom is 0.194 e. The summed E-state index contributed by atoms with van der Waals surface area (Å²) in [4.78, 5) is 4.29. The molecule has 1 N–H and O–H groups in total. The Hall–Kier alpha value is -0.870. The number of aryl methyl sites for hydroxylation is 2. The topological polar surface area (TPSA) is 47.3 Å². The van der Waals surface area contributed by atoms with Gasteiger partial charge in [-0.1, -0.05) is 13.8 Å². The summed E-state index contributed by atoms with van der Waals surface area (Å²) in [7, 11) is 1.72. The van der Waals surface area contributed by atoms with Gasteiger partial charge in [0.2, 0.25) is 0 Å². The smallest absolute Gasteiger partial charge is 0.194 e. The van der Waals surface area contributed by atoms with Crippen LogP contribution in [0.15, 0.2) is 10.6 Å². The number of oxazole rings is 1. The Morgan fingerprint density at radius 2 is 2.17 bits per heavy atom. The summed E-state index contributed by atoms with van der Waals surface area (Å²) in [5, 5.41) is 3.42. The van der Waals surface area contributed by atoms with Gasteiger partial charge in [0.05, 0.1) is 6.20 Å². The van der Waals surface area contributed by atoms with E-state index in [1.165, 1.54) is 0 Å². The maximum absolute atomic E-state index is 5.66. The Bertz CT molecular complexity index is 310. The zero-order valence-electron chi connectivity index (χ0n) is 11.9. The Labute approximate surface area is 110 Å². The van der Waals surface area contributed by atoms with Crippen molar-refractivity contribution >= 4 is 0 Å². The van der Waals surface area contributed by atoms with Crippen LogP contribution in [0.5, 0.6) is 0 Å². The number of methoxy groups -OCH3 is 1. The lowest BCUT2D eigenvalue weighted by Gasteiger charge is -2.05. The molecular weight excluding hydrogens is 228 g/mol. The van der Waals surface area contributed by atoms with Gasteiger partial charge in [0, 0.05) is 26.6 Å². The van der Waals surface area contributed by atoms with Crippen LogP contribution in [0.2, 0.25) is 0 Å². The first-order valence-electron chi connectivity index (χ1n) is 6.85. The number of hydrogen-bond acceptors (Lipinski definition) is 4. The van der Waals surface area contributed by atoms with Gasteiger partial charge in [0.15, 0.2) is 5.89 Å². The molecule has 18 heavy (non-hydrogen) atoms. The van der Waals surface area contributed by atoms with Gasteiger partial charge in [-0.3, -0.25) is 0 Å². The number of nitrogens with one attached hydrogen (secondary N) is 1.